The van der Waals surface area contributed by atoms with Crippen molar-refractivity contribution in [3.05, 3.63) is 23.8 Å². The van der Waals surface area contributed by atoms with Crippen molar-refractivity contribution < 1.29 is 9.53 Å². The van der Waals surface area contributed by atoms with Gasteiger partial charge in [-0.05, 0) is 50.1 Å². The highest BCUT2D eigenvalue weighted by molar-refractivity contribution is 5.91. The lowest BCUT2D eigenvalue weighted by atomic mass is 10.2. The molecule has 1 amide bonds. The summed E-state index contributed by atoms with van der Waals surface area (Å²) in [6.07, 6.45) is 3.35. The molecule has 1 aromatic carbocycles. The second-order valence-corrected chi connectivity index (χ2v) is 4.62. The van der Waals surface area contributed by atoms with E-state index in [1.807, 2.05) is 25.1 Å². The second-order valence-electron chi connectivity index (χ2n) is 4.62. The molecule has 0 bridgehead atoms. The zero-order valence-electron chi connectivity index (χ0n) is 12.3. The number of aryl methyl sites for hydroxylation is 1. The van der Waals surface area contributed by atoms with Crippen molar-refractivity contribution >= 4 is 24.0 Å². The van der Waals surface area contributed by atoms with Gasteiger partial charge in [0, 0.05) is 12.1 Å². The van der Waals surface area contributed by atoms with Gasteiger partial charge in [-0.3, -0.25) is 4.79 Å². The molecule has 0 aliphatic rings. The number of hydrogen-bond acceptors (Lipinski definition) is 3. The van der Waals surface area contributed by atoms with E-state index in [1.54, 1.807) is 0 Å². The van der Waals surface area contributed by atoms with Crippen LogP contribution in [0.25, 0.3) is 0 Å². The van der Waals surface area contributed by atoms with Crippen LogP contribution in [0.15, 0.2) is 18.2 Å². The van der Waals surface area contributed by atoms with Crippen LogP contribution in [0.4, 0.5) is 5.69 Å². The van der Waals surface area contributed by atoms with Gasteiger partial charge in [0.05, 0.1) is 6.61 Å². The van der Waals surface area contributed by atoms with Crippen molar-refractivity contribution in [3.63, 3.8) is 0 Å². The van der Waals surface area contributed by atoms with Gasteiger partial charge in [-0.2, -0.15) is 0 Å². The molecular formula is C15H25ClN2O2. The number of nitrogens with one attached hydrogen (secondary N) is 1. The molecule has 0 saturated heterocycles. The molecule has 5 heteroatoms. The largest absolute Gasteiger partial charge is 0.494 e. The third-order valence-electron chi connectivity index (χ3n) is 2.85. The average Bonchev–Trinajstić information content (AvgIpc) is 2.40. The van der Waals surface area contributed by atoms with Gasteiger partial charge in [-0.1, -0.05) is 13.3 Å². The molecular weight excluding hydrogens is 276 g/mol. The van der Waals surface area contributed by atoms with Crippen LogP contribution in [-0.2, 0) is 4.79 Å². The smallest absolute Gasteiger partial charge is 0.224 e. The first-order chi connectivity index (χ1) is 9.17. The molecule has 3 N–H and O–H groups in total. The molecule has 1 rings (SSSR count). The summed E-state index contributed by atoms with van der Waals surface area (Å²) in [5.74, 6) is 0.860. The fraction of sp³-hybridized carbons (Fsp3) is 0.533. The van der Waals surface area contributed by atoms with Crippen molar-refractivity contribution in [1.29, 1.82) is 0 Å². The maximum Gasteiger partial charge on any atom is 0.224 e. The topological polar surface area (TPSA) is 64.3 Å². The molecule has 0 saturated carbocycles. The molecule has 0 radical (unpaired) electrons. The van der Waals surface area contributed by atoms with Gasteiger partial charge in [-0.15, -0.1) is 12.4 Å². The fourth-order valence-corrected chi connectivity index (χ4v) is 1.68. The van der Waals surface area contributed by atoms with Crippen molar-refractivity contribution in [3.8, 4) is 5.75 Å². The Morgan fingerprint density at radius 3 is 2.70 bits per heavy atom. The number of carbonyl (C=O) groups is 1. The van der Waals surface area contributed by atoms with E-state index in [2.05, 4.69) is 12.2 Å². The van der Waals surface area contributed by atoms with Crippen molar-refractivity contribution in [2.75, 3.05) is 18.5 Å². The summed E-state index contributed by atoms with van der Waals surface area (Å²) in [6, 6.07) is 5.73. The Morgan fingerprint density at radius 1 is 1.35 bits per heavy atom. The minimum absolute atomic E-state index is 0. The van der Waals surface area contributed by atoms with Crippen LogP contribution in [0.1, 0.15) is 38.2 Å². The molecule has 0 spiro atoms. The number of unbranched alkanes of at least 4 members (excludes halogenated alkanes) is 1. The van der Waals surface area contributed by atoms with E-state index in [0.717, 1.165) is 36.4 Å². The molecule has 0 heterocycles. The third kappa shape index (κ3) is 6.78. The number of anilines is 1. The van der Waals surface area contributed by atoms with Crippen LogP contribution in [-0.4, -0.2) is 19.1 Å². The average molecular weight is 301 g/mol. The monoisotopic (exact) mass is 300 g/mol. The van der Waals surface area contributed by atoms with Gasteiger partial charge < -0.3 is 15.8 Å². The standard InChI is InChI=1S/C15H24N2O2.ClH/c1-3-4-10-19-13-7-8-14(12(2)11-13)17-15(18)6-5-9-16;/h7-8,11H,3-6,9-10,16H2,1-2H3,(H,17,18);1H. The maximum atomic E-state index is 11.6. The Kier molecular flexibility index (Phi) is 9.86. The lowest BCUT2D eigenvalue weighted by Crippen LogP contribution is -2.14. The summed E-state index contributed by atoms with van der Waals surface area (Å²) in [4.78, 5) is 11.6. The van der Waals surface area contributed by atoms with Crippen LogP contribution in [0.2, 0.25) is 0 Å². The summed E-state index contributed by atoms with van der Waals surface area (Å²) in [6.45, 7) is 5.37. The predicted molar refractivity (Wildman–Crippen MR) is 85.7 cm³/mol. The van der Waals surface area contributed by atoms with Crippen LogP contribution in [0.5, 0.6) is 5.75 Å². The fourth-order valence-electron chi connectivity index (χ4n) is 1.68. The number of hydrogen-bond donors (Lipinski definition) is 2. The SMILES string of the molecule is CCCCOc1ccc(NC(=O)CCCN)c(C)c1.Cl. The quantitative estimate of drug-likeness (QED) is 0.724. The Bertz CT molecular complexity index is 411. The zero-order chi connectivity index (χ0) is 14.1. The van der Waals surface area contributed by atoms with Crippen molar-refractivity contribution in [1.82, 2.24) is 0 Å². The lowest BCUT2D eigenvalue weighted by Gasteiger charge is -2.11. The van der Waals surface area contributed by atoms with E-state index in [1.165, 1.54) is 0 Å². The molecule has 114 valence electrons. The summed E-state index contributed by atoms with van der Waals surface area (Å²) < 4.78 is 5.62. The molecule has 0 unspecified atom stereocenters. The second kappa shape index (κ2) is 10.5. The first kappa shape index (κ1) is 18.7. The van der Waals surface area contributed by atoms with Crippen LogP contribution < -0.4 is 15.8 Å². The minimum Gasteiger partial charge on any atom is -0.494 e. The van der Waals surface area contributed by atoms with E-state index in [4.69, 9.17) is 10.5 Å². The van der Waals surface area contributed by atoms with Gasteiger partial charge in [-0.25, -0.2) is 0 Å². The Balaban J connectivity index is 0.00000361. The van der Waals surface area contributed by atoms with E-state index < -0.39 is 0 Å². The van der Waals surface area contributed by atoms with Crippen LogP contribution >= 0.6 is 12.4 Å². The molecule has 1 aromatic rings. The van der Waals surface area contributed by atoms with E-state index in [0.29, 0.717) is 19.4 Å². The molecule has 4 nitrogen and oxygen atoms in total. The highest BCUT2D eigenvalue weighted by atomic mass is 35.5. The number of ether oxygens (including phenoxy) is 1. The first-order valence-corrected chi connectivity index (χ1v) is 6.90. The van der Waals surface area contributed by atoms with Crippen LogP contribution in [0.3, 0.4) is 0 Å². The molecule has 0 aliphatic heterocycles. The first-order valence-electron chi connectivity index (χ1n) is 6.90. The number of benzene rings is 1. The van der Waals surface area contributed by atoms with E-state index in [-0.39, 0.29) is 18.3 Å². The highest BCUT2D eigenvalue weighted by Gasteiger charge is 2.05. The Morgan fingerprint density at radius 2 is 2.10 bits per heavy atom. The Hall–Kier alpha value is -1.26. The van der Waals surface area contributed by atoms with Gasteiger partial charge in [0.1, 0.15) is 5.75 Å². The lowest BCUT2D eigenvalue weighted by molar-refractivity contribution is -0.116. The minimum atomic E-state index is 0. The Labute approximate surface area is 127 Å². The van der Waals surface area contributed by atoms with E-state index >= 15 is 0 Å². The normalized spacial score (nSPS) is 9.75. The van der Waals surface area contributed by atoms with Gasteiger partial charge in [0.2, 0.25) is 5.91 Å². The van der Waals surface area contributed by atoms with Crippen LogP contribution in [0, 0.1) is 6.92 Å². The zero-order valence-corrected chi connectivity index (χ0v) is 13.1. The predicted octanol–water partition coefficient (Wildman–Crippen LogP) is 3.27. The summed E-state index contributed by atoms with van der Waals surface area (Å²) >= 11 is 0. The maximum absolute atomic E-state index is 11.6. The highest BCUT2D eigenvalue weighted by Crippen LogP contribution is 2.21. The summed E-state index contributed by atoms with van der Waals surface area (Å²) in [5.41, 5.74) is 7.23. The number of carbonyl (C=O) groups excluding carboxylic acids is 1. The number of rotatable bonds is 8. The van der Waals surface area contributed by atoms with E-state index in [9.17, 15) is 4.79 Å². The molecule has 0 aliphatic carbocycles. The number of halogens is 1. The summed E-state index contributed by atoms with van der Waals surface area (Å²) in [5, 5.41) is 2.89. The molecule has 20 heavy (non-hydrogen) atoms. The molecule has 0 atom stereocenters. The number of nitrogens with two attached hydrogens (primary N) is 1. The van der Waals surface area contributed by atoms with Gasteiger partial charge in [0.15, 0.2) is 0 Å². The van der Waals surface area contributed by atoms with Crippen molar-refractivity contribution in [2.24, 2.45) is 5.73 Å². The third-order valence-corrected chi connectivity index (χ3v) is 2.85. The summed E-state index contributed by atoms with van der Waals surface area (Å²) in [7, 11) is 0. The van der Waals surface area contributed by atoms with Crippen molar-refractivity contribution in [2.45, 2.75) is 39.5 Å². The van der Waals surface area contributed by atoms with Gasteiger partial charge >= 0.3 is 0 Å². The molecule has 0 aromatic heterocycles. The molecule has 0 fully saturated rings. The number of amides is 1. The van der Waals surface area contributed by atoms with Gasteiger partial charge in [0.25, 0.3) is 0 Å².